The molecule has 0 saturated carbocycles. The number of halogens is 1. The maximum Gasteiger partial charge on any atom is 0.273 e. The first-order valence-electron chi connectivity index (χ1n) is 7.96. The topological polar surface area (TPSA) is 89.8 Å². The van der Waals surface area contributed by atoms with E-state index in [9.17, 15) is 9.59 Å². The molecule has 0 saturated heterocycles. The Morgan fingerprint density at radius 1 is 1.19 bits per heavy atom. The van der Waals surface area contributed by atoms with Crippen molar-refractivity contribution in [2.45, 2.75) is 13.3 Å². The van der Waals surface area contributed by atoms with Gasteiger partial charge >= 0.3 is 0 Å². The Hall–Kier alpha value is -2.93. The van der Waals surface area contributed by atoms with Crippen LogP contribution < -0.4 is 20.3 Å². The second kappa shape index (κ2) is 7.97. The molecule has 136 valence electrons. The van der Waals surface area contributed by atoms with Gasteiger partial charge in [-0.25, -0.2) is 0 Å². The van der Waals surface area contributed by atoms with Crippen LogP contribution >= 0.6 is 11.6 Å². The maximum atomic E-state index is 11.9. The molecule has 7 nitrogen and oxygen atoms in total. The number of hydrogen-bond donors (Lipinski definition) is 2. The van der Waals surface area contributed by atoms with Crippen molar-refractivity contribution in [3.63, 3.8) is 0 Å². The summed E-state index contributed by atoms with van der Waals surface area (Å²) in [4.78, 5) is 23.8. The van der Waals surface area contributed by atoms with E-state index < -0.39 is 11.8 Å². The number of amides is 2. The summed E-state index contributed by atoms with van der Waals surface area (Å²) in [6.45, 7) is 2.74. The molecule has 2 amide bonds. The first-order chi connectivity index (χ1) is 12.5. The molecule has 0 atom stereocenters. The summed E-state index contributed by atoms with van der Waals surface area (Å²) in [7, 11) is 0. The van der Waals surface area contributed by atoms with E-state index in [1.54, 1.807) is 25.1 Å². The lowest BCUT2D eigenvalue weighted by Crippen LogP contribution is -2.40. The quantitative estimate of drug-likeness (QED) is 0.635. The molecule has 2 N–H and O–H groups in total. The van der Waals surface area contributed by atoms with Crippen molar-refractivity contribution in [2.75, 3.05) is 13.2 Å². The van der Waals surface area contributed by atoms with Gasteiger partial charge < -0.3 is 13.9 Å². The van der Waals surface area contributed by atoms with Crippen LogP contribution in [0.4, 0.5) is 0 Å². The highest BCUT2D eigenvalue weighted by atomic mass is 35.5. The van der Waals surface area contributed by atoms with Crippen LogP contribution in [0.25, 0.3) is 6.08 Å². The number of carbonyl (C=O) groups excluding carboxylic acids is 2. The summed E-state index contributed by atoms with van der Waals surface area (Å²) in [5, 5.41) is 0.410. The third kappa shape index (κ3) is 4.18. The molecule has 3 rings (SSSR count). The van der Waals surface area contributed by atoms with E-state index in [4.69, 9.17) is 25.5 Å². The van der Waals surface area contributed by atoms with Gasteiger partial charge in [-0.15, -0.1) is 0 Å². The minimum Gasteiger partial charge on any atom is -0.489 e. The summed E-state index contributed by atoms with van der Waals surface area (Å²) in [5.41, 5.74) is 5.63. The summed E-state index contributed by atoms with van der Waals surface area (Å²) >= 11 is 6.20. The fourth-order valence-corrected chi connectivity index (χ4v) is 2.64. The lowest BCUT2D eigenvalue weighted by Gasteiger charge is -2.10. The predicted octanol–water partition coefficient (Wildman–Crippen LogP) is 2.88. The number of aryl methyl sites for hydroxylation is 1. The van der Waals surface area contributed by atoms with Crippen LogP contribution in [-0.2, 0) is 4.79 Å². The molecule has 2 aromatic rings. The normalized spacial score (nSPS) is 13.3. The zero-order valence-electron chi connectivity index (χ0n) is 14.0. The van der Waals surface area contributed by atoms with Crippen molar-refractivity contribution in [1.82, 2.24) is 10.9 Å². The van der Waals surface area contributed by atoms with Gasteiger partial charge in [-0.1, -0.05) is 11.6 Å². The van der Waals surface area contributed by atoms with E-state index in [0.29, 0.717) is 46.6 Å². The summed E-state index contributed by atoms with van der Waals surface area (Å²) in [5.74, 6) is 0.556. The number of rotatable bonds is 3. The Balaban J connectivity index is 1.61. The summed E-state index contributed by atoms with van der Waals surface area (Å²) < 4.78 is 16.2. The van der Waals surface area contributed by atoms with Gasteiger partial charge in [0.15, 0.2) is 11.5 Å². The average molecular weight is 377 g/mol. The minimum atomic E-state index is -0.497. The number of nitrogens with one attached hydrogen (secondary N) is 2. The number of furan rings is 1. The highest BCUT2D eigenvalue weighted by Gasteiger charge is 2.15. The second-order valence-corrected chi connectivity index (χ2v) is 5.95. The highest BCUT2D eigenvalue weighted by Crippen LogP contribution is 2.38. The number of benzene rings is 1. The number of hydrazine groups is 1. The number of carbonyl (C=O) groups is 2. The Labute approximate surface area is 154 Å². The minimum absolute atomic E-state index is 0.351. The summed E-state index contributed by atoms with van der Waals surface area (Å²) in [6, 6.07) is 4.93. The van der Waals surface area contributed by atoms with Crippen LogP contribution in [0.3, 0.4) is 0 Å². The van der Waals surface area contributed by atoms with Crippen LogP contribution in [0, 0.1) is 6.92 Å². The van der Waals surface area contributed by atoms with E-state index >= 15 is 0 Å². The van der Waals surface area contributed by atoms with Crippen molar-refractivity contribution in [2.24, 2.45) is 0 Å². The van der Waals surface area contributed by atoms with Gasteiger partial charge in [0.1, 0.15) is 5.76 Å². The first-order valence-corrected chi connectivity index (χ1v) is 8.34. The molecule has 0 fully saturated rings. The molecular formula is C18H17ClN2O5. The molecule has 0 bridgehead atoms. The Bertz CT molecular complexity index is 859. The maximum absolute atomic E-state index is 11.9. The molecule has 26 heavy (non-hydrogen) atoms. The van der Waals surface area contributed by atoms with Gasteiger partial charge in [0, 0.05) is 12.5 Å². The largest absolute Gasteiger partial charge is 0.489 e. The lowest BCUT2D eigenvalue weighted by atomic mass is 10.2. The van der Waals surface area contributed by atoms with Crippen LogP contribution in [-0.4, -0.2) is 25.0 Å². The standard InChI is InChI=1S/C18H17ClN2O5/c1-11-13(5-8-24-11)18(23)21-20-16(22)4-3-12-9-14(19)17-15(10-12)25-6-2-7-26-17/h3-5,8-10H,2,6-7H2,1H3,(H,20,22)(H,21,23). The van der Waals surface area contributed by atoms with Crippen LogP contribution in [0.2, 0.25) is 5.02 Å². The molecular weight excluding hydrogens is 360 g/mol. The molecule has 2 heterocycles. The van der Waals surface area contributed by atoms with Gasteiger partial charge in [-0.3, -0.25) is 20.4 Å². The van der Waals surface area contributed by atoms with Gasteiger partial charge in [0.25, 0.3) is 11.8 Å². The Morgan fingerprint density at radius 3 is 2.77 bits per heavy atom. The molecule has 0 spiro atoms. The number of ether oxygens (including phenoxy) is 2. The monoisotopic (exact) mass is 376 g/mol. The van der Waals surface area contributed by atoms with E-state index in [1.807, 2.05) is 0 Å². The molecule has 8 heteroatoms. The zero-order chi connectivity index (χ0) is 18.5. The van der Waals surface area contributed by atoms with Crippen molar-refractivity contribution in [1.29, 1.82) is 0 Å². The first kappa shape index (κ1) is 17.9. The van der Waals surface area contributed by atoms with E-state index in [1.165, 1.54) is 18.4 Å². The predicted molar refractivity (Wildman–Crippen MR) is 95.1 cm³/mol. The molecule has 0 radical (unpaired) electrons. The average Bonchev–Trinajstić information content (AvgIpc) is 2.90. The molecule has 0 unspecified atom stereocenters. The van der Waals surface area contributed by atoms with E-state index in [2.05, 4.69) is 10.9 Å². The van der Waals surface area contributed by atoms with Crippen LogP contribution in [0.5, 0.6) is 11.5 Å². The Morgan fingerprint density at radius 2 is 2.00 bits per heavy atom. The molecule has 1 aromatic heterocycles. The highest BCUT2D eigenvalue weighted by molar-refractivity contribution is 6.32. The third-order valence-electron chi connectivity index (χ3n) is 3.65. The van der Waals surface area contributed by atoms with Crippen molar-refractivity contribution in [3.05, 3.63) is 52.4 Å². The smallest absolute Gasteiger partial charge is 0.273 e. The Kier molecular flexibility index (Phi) is 5.48. The van der Waals surface area contributed by atoms with Gasteiger partial charge in [0.2, 0.25) is 0 Å². The van der Waals surface area contributed by atoms with E-state index in [0.717, 1.165) is 6.42 Å². The summed E-state index contributed by atoms with van der Waals surface area (Å²) in [6.07, 6.45) is 5.01. The molecule has 0 aliphatic carbocycles. The third-order valence-corrected chi connectivity index (χ3v) is 3.94. The molecule has 1 aliphatic heterocycles. The van der Waals surface area contributed by atoms with Crippen molar-refractivity contribution >= 4 is 29.5 Å². The van der Waals surface area contributed by atoms with Gasteiger partial charge in [-0.2, -0.15) is 0 Å². The zero-order valence-corrected chi connectivity index (χ0v) is 14.8. The van der Waals surface area contributed by atoms with Crippen LogP contribution in [0.15, 0.2) is 35.0 Å². The lowest BCUT2D eigenvalue weighted by molar-refractivity contribution is -0.117. The van der Waals surface area contributed by atoms with Crippen molar-refractivity contribution < 1.29 is 23.5 Å². The fraction of sp³-hybridized carbons (Fsp3) is 0.222. The number of fused-ring (bicyclic) bond motifs is 1. The molecule has 1 aromatic carbocycles. The molecule has 1 aliphatic rings. The fourth-order valence-electron chi connectivity index (χ4n) is 2.37. The number of hydrogen-bond acceptors (Lipinski definition) is 5. The van der Waals surface area contributed by atoms with Gasteiger partial charge in [0.05, 0.1) is 30.1 Å². The van der Waals surface area contributed by atoms with Gasteiger partial charge in [-0.05, 0) is 36.8 Å². The van der Waals surface area contributed by atoms with E-state index in [-0.39, 0.29) is 0 Å². The van der Waals surface area contributed by atoms with Crippen LogP contribution in [0.1, 0.15) is 28.1 Å². The van der Waals surface area contributed by atoms with Crippen molar-refractivity contribution in [3.8, 4) is 11.5 Å². The SMILES string of the molecule is Cc1occc1C(=O)NNC(=O)C=Cc1cc(Cl)c2c(c1)OCCCO2. The second-order valence-electron chi connectivity index (χ2n) is 5.55.